The fraction of sp³-hybridized carbons (Fsp3) is 0.500. The van der Waals surface area contributed by atoms with Gasteiger partial charge < -0.3 is 24.9 Å². The quantitative estimate of drug-likeness (QED) is 0.546. The summed E-state index contributed by atoms with van der Waals surface area (Å²) in [5.74, 6) is 0.105. The molecule has 9 nitrogen and oxygen atoms in total. The first-order valence-corrected chi connectivity index (χ1v) is 12.7. The molecule has 10 heteroatoms. The molecule has 36 heavy (non-hydrogen) atoms. The molecule has 1 saturated heterocycles. The number of amides is 2. The number of allylic oxidation sites excluding steroid dienone is 2. The summed E-state index contributed by atoms with van der Waals surface area (Å²) in [7, 11) is 1.65. The Morgan fingerprint density at radius 2 is 2.06 bits per heavy atom. The summed E-state index contributed by atoms with van der Waals surface area (Å²) >= 11 is 6.02. The number of methoxy groups -OCH3 is 1. The van der Waals surface area contributed by atoms with E-state index in [-0.39, 0.29) is 35.1 Å². The van der Waals surface area contributed by atoms with Crippen LogP contribution in [0.1, 0.15) is 26.2 Å². The van der Waals surface area contributed by atoms with Crippen LogP contribution < -0.4 is 10.2 Å². The third-order valence-electron chi connectivity index (χ3n) is 6.92. The van der Waals surface area contributed by atoms with Gasteiger partial charge in [-0.1, -0.05) is 29.8 Å². The van der Waals surface area contributed by atoms with E-state index in [1.807, 2.05) is 30.3 Å². The molecule has 1 aromatic carbocycles. The van der Waals surface area contributed by atoms with Crippen molar-refractivity contribution in [3.05, 3.63) is 53.0 Å². The van der Waals surface area contributed by atoms with Crippen molar-refractivity contribution >= 4 is 35.0 Å². The zero-order chi connectivity index (χ0) is 25.7. The number of anilines is 1. The lowest BCUT2D eigenvalue weighted by molar-refractivity contribution is -0.120. The molecule has 194 valence electrons. The van der Waals surface area contributed by atoms with Crippen LogP contribution in [0, 0.1) is 11.3 Å². The molecule has 0 bridgehead atoms. The molecule has 1 aromatic rings. The maximum Gasteiger partial charge on any atom is 0.414 e. The molecule has 1 fully saturated rings. The van der Waals surface area contributed by atoms with Crippen molar-refractivity contribution in [1.82, 2.24) is 10.2 Å². The molecule has 0 radical (unpaired) electrons. The number of para-hydroxylation sites is 1. The van der Waals surface area contributed by atoms with E-state index in [0.29, 0.717) is 62.5 Å². The molecular weight excluding hydrogens is 484 g/mol. The number of benzene rings is 1. The number of hydrogen-bond acceptors (Lipinski definition) is 7. The summed E-state index contributed by atoms with van der Waals surface area (Å²) in [5, 5.41) is 11.6. The Morgan fingerprint density at radius 3 is 2.78 bits per heavy atom. The zero-order valence-electron chi connectivity index (χ0n) is 20.7. The van der Waals surface area contributed by atoms with Crippen LogP contribution in [0.5, 0.6) is 0 Å². The van der Waals surface area contributed by atoms with Gasteiger partial charge in [-0.2, -0.15) is 0 Å². The lowest BCUT2D eigenvalue weighted by Crippen LogP contribution is -2.56. The third-order valence-corrected chi connectivity index (χ3v) is 7.22. The van der Waals surface area contributed by atoms with Crippen LogP contribution in [0.4, 0.5) is 10.5 Å². The monoisotopic (exact) mass is 516 g/mol. The summed E-state index contributed by atoms with van der Waals surface area (Å²) in [4.78, 5) is 29.5. The van der Waals surface area contributed by atoms with Gasteiger partial charge in [-0.25, -0.2) is 4.79 Å². The van der Waals surface area contributed by atoms with Crippen LogP contribution >= 0.6 is 11.6 Å². The van der Waals surface area contributed by atoms with E-state index in [1.165, 1.54) is 6.26 Å². The fourth-order valence-electron chi connectivity index (χ4n) is 4.97. The van der Waals surface area contributed by atoms with Crippen LogP contribution in [-0.2, 0) is 19.0 Å². The van der Waals surface area contributed by atoms with E-state index in [2.05, 4.69) is 10.2 Å². The highest BCUT2D eigenvalue weighted by Gasteiger charge is 2.39. The molecule has 3 atom stereocenters. The maximum absolute atomic E-state index is 13.1. The molecule has 0 aromatic heterocycles. The van der Waals surface area contributed by atoms with Crippen LogP contribution in [0.2, 0.25) is 0 Å². The first-order valence-electron chi connectivity index (χ1n) is 12.3. The van der Waals surface area contributed by atoms with Crippen molar-refractivity contribution in [1.29, 1.82) is 5.41 Å². The van der Waals surface area contributed by atoms with Crippen molar-refractivity contribution in [3.8, 4) is 0 Å². The number of nitrogens with zero attached hydrogens (tertiary/aromatic N) is 2. The largest absolute Gasteiger partial charge is 0.467 e. The molecule has 2 amide bonds. The standard InChI is InChI=1S/C26H33ClN4O5/c1-3-35-26(33)31(17-7-5-4-6-8-17)14-13-30-12-11-21(22(15-30)34-2)29-25(32)19-10-9-18-23(28)20(27)16-36-24(18)19/h4-8,16,18,21-22,28H,3,9-15H2,1-2H3,(H,29,32). The van der Waals surface area contributed by atoms with Crippen LogP contribution in [0.25, 0.3) is 0 Å². The molecule has 2 N–H and O–H groups in total. The summed E-state index contributed by atoms with van der Waals surface area (Å²) in [6, 6.07) is 9.33. The number of likely N-dealkylation sites (tertiary alicyclic amines) is 1. The molecule has 2 heterocycles. The minimum atomic E-state index is -0.368. The van der Waals surface area contributed by atoms with Gasteiger partial charge in [0.2, 0.25) is 0 Å². The highest BCUT2D eigenvalue weighted by atomic mass is 35.5. The lowest BCUT2D eigenvalue weighted by Gasteiger charge is -2.38. The van der Waals surface area contributed by atoms with Gasteiger partial charge in [0.05, 0.1) is 41.0 Å². The molecule has 2 aliphatic heterocycles. The first kappa shape index (κ1) is 26.2. The van der Waals surface area contributed by atoms with Crippen molar-refractivity contribution in [3.63, 3.8) is 0 Å². The van der Waals surface area contributed by atoms with Crippen molar-refractivity contribution in [2.45, 2.75) is 38.3 Å². The van der Waals surface area contributed by atoms with Crippen molar-refractivity contribution in [2.24, 2.45) is 5.92 Å². The summed E-state index contributed by atoms with van der Waals surface area (Å²) in [5.41, 5.74) is 1.67. The van der Waals surface area contributed by atoms with Crippen LogP contribution in [0.3, 0.4) is 0 Å². The van der Waals surface area contributed by atoms with Gasteiger partial charge in [0.25, 0.3) is 5.91 Å². The van der Waals surface area contributed by atoms with E-state index in [0.717, 1.165) is 12.2 Å². The van der Waals surface area contributed by atoms with E-state index < -0.39 is 0 Å². The highest BCUT2D eigenvalue weighted by molar-refractivity contribution is 6.43. The predicted molar refractivity (Wildman–Crippen MR) is 137 cm³/mol. The van der Waals surface area contributed by atoms with E-state index in [1.54, 1.807) is 18.9 Å². The number of fused-ring (bicyclic) bond motifs is 1. The summed E-state index contributed by atoms with van der Waals surface area (Å²) in [6.07, 6.45) is 2.67. The average molecular weight is 517 g/mol. The Hall–Kier alpha value is -2.88. The second-order valence-electron chi connectivity index (χ2n) is 9.06. The number of ether oxygens (including phenoxy) is 3. The number of rotatable bonds is 8. The van der Waals surface area contributed by atoms with Crippen molar-refractivity contribution in [2.75, 3.05) is 44.8 Å². The van der Waals surface area contributed by atoms with Crippen LogP contribution in [-0.4, -0.2) is 74.7 Å². The van der Waals surface area contributed by atoms with Gasteiger partial charge in [-0.15, -0.1) is 0 Å². The smallest absolute Gasteiger partial charge is 0.414 e. The Labute approximate surface area is 216 Å². The van der Waals surface area contributed by atoms with Gasteiger partial charge in [0.15, 0.2) is 0 Å². The van der Waals surface area contributed by atoms with Gasteiger partial charge in [-0.05, 0) is 38.3 Å². The third kappa shape index (κ3) is 5.74. The molecule has 3 unspecified atom stereocenters. The fourth-order valence-corrected chi connectivity index (χ4v) is 5.15. The average Bonchev–Trinajstić information content (AvgIpc) is 3.33. The Morgan fingerprint density at radius 1 is 1.28 bits per heavy atom. The van der Waals surface area contributed by atoms with Gasteiger partial charge in [0, 0.05) is 39.0 Å². The van der Waals surface area contributed by atoms with E-state index in [4.69, 9.17) is 31.2 Å². The molecule has 1 aliphatic carbocycles. The van der Waals surface area contributed by atoms with E-state index >= 15 is 0 Å². The summed E-state index contributed by atoms with van der Waals surface area (Å²) < 4.78 is 16.6. The molecular formula is C26H33ClN4O5. The second-order valence-corrected chi connectivity index (χ2v) is 9.47. The number of halogens is 1. The van der Waals surface area contributed by atoms with Crippen LogP contribution in [0.15, 0.2) is 53.0 Å². The normalized spacial score (nSPS) is 24.0. The predicted octanol–water partition coefficient (Wildman–Crippen LogP) is 3.65. The van der Waals surface area contributed by atoms with Gasteiger partial charge >= 0.3 is 6.09 Å². The Bertz CT molecular complexity index is 1040. The van der Waals surface area contributed by atoms with Gasteiger partial charge in [-0.3, -0.25) is 14.6 Å². The van der Waals surface area contributed by atoms with E-state index in [9.17, 15) is 9.59 Å². The molecule has 4 rings (SSSR count). The molecule has 3 aliphatic rings. The topological polar surface area (TPSA) is 104 Å². The second kappa shape index (κ2) is 11.9. The number of carbonyl (C=O) groups excluding carboxylic acids is 2. The molecule has 0 saturated carbocycles. The number of nitrogens with one attached hydrogen (secondary N) is 2. The SMILES string of the molecule is CCOC(=O)N(CCN1CCC(NC(=O)C2=C3OC=C(Cl)C(=N)C3CC2)C(OC)C1)c1ccccc1. The number of piperidine rings is 1. The number of carbonyl (C=O) groups is 2. The number of hydrogen-bond donors (Lipinski definition) is 2. The highest BCUT2D eigenvalue weighted by Crippen LogP contribution is 2.39. The molecule has 0 spiro atoms. The van der Waals surface area contributed by atoms with Crippen molar-refractivity contribution < 1.29 is 23.8 Å². The van der Waals surface area contributed by atoms with Gasteiger partial charge in [0.1, 0.15) is 12.0 Å². The lowest BCUT2D eigenvalue weighted by atomic mass is 9.99. The summed E-state index contributed by atoms with van der Waals surface area (Å²) in [6.45, 7) is 4.61. The first-order chi connectivity index (χ1) is 17.4. The maximum atomic E-state index is 13.1. The minimum absolute atomic E-state index is 0.150. The Balaban J connectivity index is 1.35. The Kier molecular flexibility index (Phi) is 8.66. The zero-order valence-corrected chi connectivity index (χ0v) is 21.4. The minimum Gasteiger partial charge on any atom is -0.467 e.